The molecule has 0 aromatic heterocycles. The van der Waals surface area contributed by atoms with E-state index in [1.54, 1.807) is 12.1 Å². The number of hydrogen-bond acceptors (Lipinski definition) is 3. The Kier molecular flexibility index (Phi) is 5.74. The van der Waals surface area contributed by atoms with Crippen molar-refractivity contribution < 1.29 is 27.5 Å². The summed E-state index contributed by atoms with van der Waals surface area (Å²) in [5.41, 5.74) is 1.70. The Morgan fingerprint density at radius 3 is 2.44 bits per heavy atom. The molecular weight excluding hydrogens is 361 g/mol. The zero-order valence-corrected chi connectivity index (χ0v) is 15.2. The molecule has 2 heterocycles. The van der Waals surface area contributed by atoms with Gasteiger partial charge in [0.05, 0.1) is 5.92 Å². The Labute approximate surface area is 156 Å². The molecule has 2 aliphatic heterocycles. The van der Waals surface area contributed by atoms with Gasteiger partial charge >= 0.3 is 6.18 Å². The second-order valence-electron chi connectivity index (χ2n) is 7.17. The van der Waals surface area contributed by atoms with Crippen LogP contribution in [0.5, 0.6) is 0 Å². The summed E-state index contributed by atoms with van der Waals surface area (Å²) in [5.74, 6) is -1.60. The number of anilines is 1. The van der Waals surface area contributed by atoms with Gasteiger partial charge < -0.3 is 14.5 Å². The first-order valence-corrected chi connectivity index (χ1v) is 9.06. The summed E-state index contributed by atoms with van der Waals surface area (Å²) in [6, 6.07) is 6.78. The number of nitrogens with zero attached hydrogens (tertiary/aromatic N) is 2. The summed E-state index contributed by atoms with van der Waals surface area (Å²) < 4.78 is 44.4. The van der Waals surface area contributed by atoms with E-state index >= 15 is 0 Å². The molecule has 1 aromatic rings. The molecule has 1 atom stereocenters. The van der Waals surface area contributed by atoms with Crippen LogP contribution < -0.4 is 4.90 Å². The predicted octanol–water partition coefficient (Wildman–Crippen LogP) is 2.92. The Balaban J connectivity index is 1.75. The third-order valence-electron chi connectivity index (χ3n) is 5.08. The number of aryl methyl sites for hydroxylation is 1. The van der Waals surface area contributed by atoms with E-state index < -0.39 is 30.6 Å². The maximum Gasteiger partial charge on any atom is 0.406 e. The normalized spacial score (nSPS) is 21.6. The Morgan fingerprint density at radius 2 is 1.85 bits per heavy atom. The fourth-order valence-electron chi connectivity index (χ4n) is 3.66. The van der Waals surface area contributed by atoms with Crippen molar-refractivity contribution in [1.82, 2.24) is 4.90 Å². The Morgan fingerprint density at radius 1 is 1.22 bits per heavy atom. The molecule has 8 heteroatoms. The lowest BCUT2D eigenvalue weighted by atomic mass is 10.0. The number of benzene rings is 1. The lowest BCUT2D eigenvalue weighted by Crippen LogP contribution is -2.50. The summed E-state index contributed by atoms with van der Waals surface area (Å²) in [5, 5.41) is 0. The highest BCUT2D eigenvalue weighted by Crippen LogP contribution is 2.30. The lowest BCUT2D eigenvalue weighted by molar-refractivity contribution is -0.171. The molecule has 0 radical (unpaired) electrons. The molecule has 2 saturated heterocycles. The SMILES string of the molecule is Cc1ccc(N2CC(C(=O)N(CC(F)(F)F)C3CCOCC3)CC2=O)cc1. The van der Waals surface area contributed by atoms with Crippen LogP contribution in [0.2, 0.25) is 0 Å². The highest BCUT2D eigenvalue weighted by molar-refractivity contribution is 6.00. The molecule has 2 amide bonds. The van der Waals surface area contributed by atoms with Crippen LogP contribution in [0.25, 0.3) is 0 Å². The van der Waals surface area contributed by atoms with Crippen LogP contribution in [0.4, 0.5) is 18.9 Å². The molecule has 0 aliphatic carbocycles. The number of carbonyl (C=O) groups excluding carboxylic acids is 2. The van der Waals surface area contributed by atoms with E-state index in [2.05, 4.69) is 0 Å². The first kappa shape index (κ1) is 19.7. The highest BCUT2D eigenvalue weighted by Gasteiger charge is 2.43. The predicted molar refractivity (Wildman–Crippen MR) is 93.2 cm³/mol. The van der Waals surface area contributed by atoms with Crippen LogP contribution in [-0.4, -0.2) is 55.2 Å². The quantitative estimate of drug-likeness (QED) is 0.802. The van der Waals surface area contributed by atoms with E-state index in [-0.39, 0.29) is 18.9 Å². The molecule has 1 unspecified atom stereocenters. The van der Waals surface area contributed by atoms with Crippen molar-refractivity contribution in [1.29, 1.82) is 0 Å². The standard InChI is InChI=1S/C19H23F3N2O3/c1-13-2-4-15(5-3-13)23-11-14(10-17(23)25)18(26)24(12-19(20,21)22)16-6-8-27-9-7-16/h2-5,14,16H,6-12H2,1H3. The Hall–Kier alpha value is -2.09. The van der Waals surface area contributed by atoms with E-state index in [0.717, 1.165) is 10.5 Å². The number of amides is 2. The van der Waals surface area contributed by atoms with Gasteiger partial charge in [0, 0.05) is 37.9 Å². The van der Waals surface area contributed by atoms with Crippen molar-refractivity contribution in [3.63, 3.8) is 0 Å². The zero-order chi connectivity index (χ0) is 19.6. The smallest absolute Gasteiger partial charge is 0.381 e. The molecule has 148 valence electrons. The first-order chi connectivity index (χ1) is 12.7. The van der Waals surface area contributed by atoms with Crippen molar-refractivity contribution >= 4 is 17.5 Å². The number of ether oxygens (including phenoxy) is 1. The summed E-state index contributed by atoms with van der Waals surface area (Å²) in [6.45, 7) is 1.42. The van der Waals surface area contributed by atoms with E-state index in [0.29, 0.717) is 31.7 Å². The lowest BCUT2D eigenvalue weighted by Gasteiger charge is -2.36. The monoisotopic (exact) mass is 384 g/mol. The topological polar surface area (TPSA) is 49.9 Å². The van der Waals surface area contributed by atoms with E-state index in [1.165, 1.54) is 4.90 Å². The Bertz CT molecular complexity index is 684. The first-order valence-electron chi connectivity index (χ1n) is 9.06. The number of alkyl halides is 3. The van der Waals surface area contributed by atoms with Gasteiger partial charge in [0.1, 0.15) is 6.54 Å². The molecule has 3 rings (SSSR count). The fraction of sp³-hybridized carbons (Fsp3) is 0.579. The van der Waals surface area contributed by atoms with Crippen molar-refractivity contribution in [3.05, 3.63) is 29.8 Å². The summed E-state index contributed by atoms with van der Waals surface area (Å²) >= 11 is 0. The highest BCUT2D eigenvalue weighted by atomic mass is 19.4. The molecule has 0 spiro atoms. The number of halogens is 3. The van der Waals surface area contributed by atoms with Gasteiger partial charge in [0.2, 0.25) is 11.8 Å². The largest absolute Gasteiger partial charge is 0.406 e. The third-order valence-corrected chi connectivity index (χ3v) is 5.08. The summed E-state index contributed by atoms with van der Waals surface area (Å²) in [7, 11) is 0. The van der Waals surface area contributed by atoms with Gasteiger partial charge in [-0.2, -0.15) is 13.2 Å². The minimum Gasteiger partial charge on any atom is -0.381 e. The van der Waals surface area contributed by atoms with Crippen molar-refractivity contribution in [2.24, 2.45) is 5.92 Å². The average molecular weight is 384 g/mol. The number of hydrogen-bond donors (Lipinski definition) is 0. The van der Waals surface area contributed by atoms with E-state index in [1.807, 2.05) is 19.1 Å². The average Bonchev–Trinajstić information content (AvgIpc) is 3.01. The van der Waals surface area contributed by atoms with E-state index in [9.17, 15) is 22.8 Å². The number of rotatable bonds is 4. The van der Waals surface area contributed by atoms with Crippen LogP contribution >= 0.6 is 0 Å². The summed E-state index contributed by atoms with van der Waals surface area (Å²) in [4.78, 5) is 27.7. The second-order valence-corrected chi connectivity index (χ2v) is 7.17. The third kappa shape index (κ3) is 4.80. The molecule has 0 bridgehead atoms. The molecule has 2 aliphatic rings. The maximum absolute atomic E-state index is 13.1. The minimum absolute atomic E-state index is 0.0652. The van der Waals surface area contributed by atoms with Crippen LogP contribution in [0.15, 0.2) is 24.3 Å². The molecule has 2 fully saturated rings. The van der Waals surface area contributed by atoms with Gasteiger partial charge in [-0.3, -0.25) is 9.59 Å². The van der Waals surface area contributed by atoms with E-state index in [4.69, 9.17) is 4.74 Å². The van der Waals surface area contributed by atoms with Gasteiger partial charge in [-0.15, -0.1) is 0 Å². The van der Waals surface area contributed by atoms with Gasteiger partial charge in [0.25, 0.3) is 0 Å². The van der Waals surface area contributed by atoms with Gasteiger partial charge in [-0.05, 0) is 31.9 Å². The van der Waals surface area contributed by atoms with Crippen molar-refractivity contribution in [2.45, 2.75) is 38.4 Å². The molecule has 0 N–H and O–H groups in total. The fourth-order valence-corrected chi connectivity index (χ4v) is 3.66. The van der Waals surface area contributed by atoms with Gasteiger partial charge in [0.15, 0.2) is 0 Å². The van der Waals surface area contributed by atoms with Gasteiger partial charge in [-0.1, -0.05) is 17.7 Å². The minimum atomic E-state index is -4.48. The van der Waals surface area contributed by atoms with Crippen molar-refractivity contribution in [2.75, 3.05) is 31.2 Å². The van der Waals surface area contributed by atoms with Crippen LogP contribution in [0.3, 0.4) is 0 Å². The second kappa shape index (κ2) is 7.88. The van der Waals surface area contributed by atoms with Crippen LogP contribution in [0.1, 0.15) is 24.8 Å². The molecule has 27 heavy (non-hydrogen) atoms. The van der Waals surface area contributed by atoms with Crippen LogP contribution in [-0.2, 0) is 14.3 Å². The van der Waals surface area contributed by atoms with Gasteiger partial charge in [-0.25, -0.2) is 0 Å². The summed E-state index contributed by atoms with van der Waals surface area (Å²) in [6.07, 6.45) is -3.79. The molecular formula is C19H23F3N2O3. The zero-order valence-electron chi connectivity index (χ0n) is 15.2. The van der Waals surface area contributed by atoms with Crippen molar-refractivity contribution in [3.8, 4) is 0 Å². The molecule has 5 nitrogen and oxygen atoms in total. The molecule has 1 aromatic carbocycles. The molecule has 0 saturated carbocycles. The number of carbonyl (C=O) groups is 2. The maximum atomic E-state index is 13.1. The van der Waals surface area contributed by atoms with Crippen LogP contribution in [0, 0.1) is 12.8 Å².